The first-order chi connectivity index (χ1) is 26.1. The van der Waals surface area contributed by atoms with Crippen molar-refractivity contribution in [3.8, 4) is 45.0 Å². The van der Waals surface area contributed by atoms with E-state index < -0.39 is 35.3 Å². The number of esters is 2. The van der Waals surface area contributed by atoms with Crippen LogP contribution in [0.3, 0.4) is 0 Å². The number of rotatable bonds is 6. The van der Waals surface area contributed by atoms with E-state index in [4.69, 9.17) is 46.4 Å². The van der Waals surface area contributed by atoms with Gasteiger partial charge in [0.15, 0.2) is 22.8 Å². The molecule has 55 heavy (non-hydrogen) atoms. The van der Waals surface area contributed by atoms with E-state index in [0.717, 1.165) is 0 Å². The van der Waals surface area contributed by atoms with Gasteiger partial charge in [-0.05, 0) is 60.1 Å². The summed E-state index contributed by atoms with van der Waals surface area (Å²) in [6, 6.07) is 27.0. The zero-order valence-corrected chi connectivity index (χ0v) is 31.5. The highest BCUT2D eigenvalue weighted by Crippen LogP contribution is 2.34. The lowest BCUT2D eigenvalue weighted by Gasteiger charge is -2.12. The number of hydrogen-bond donors (Lipinski definition) is 2. The molecule has 0 aliphatic carbocycles. The van der Waals surface area contributed by atoms with Crippen molar-refractivity contribution in [2.45, 2.75) is 6.92 Å². The standard InChI is InChI=1S/C18H10Cl2N2O4.C18H8Cl2N2O3.C2H3ClO/c19-11-5-1-9(2-6-11)13-14(10-3-7-12(20)8-4-10)22-16(18(25)26)15(21-13)17(23)24;19-11-5-1-9(2-6-11)13-14(10-3-7-12(20)8-4-10)22-16-15(21-13)17(23)25-18(16)24;1-2(3)4/h1-8H,(H,23,24)(H,25,26);1-8H;1H3. The van der Waals surface area contributed by atoms with Crippen LogP contribution in [0.1, 0.15) is 48.9 Å². The van der Waals surface area contributed by atoms with E-state index in [9.17, 15) is 34.2 Å². The number of aromatic nitrogens is 4. The number of carboxylic acids is 2. The third-order valence-corrected chi connectivity index (χ3v) is 8.25. The van der Waals surface area contributed by atoms with Gasteiger partial charge in [-0.2, -0.15) is 0 Å². The molecule has 6 aromatic rings. The molecule has 1 aliphatic rings. The Balaban J connectivity index is 0.000000193. The number of cyclic esters (lactones) is 2. The summed E-state index contributed by atoms with van der Waals surface area (Å²) in [4.78, 5) is 72.6. The molecule has 4 aromatic carbocycles. The first-order valence-corrected chi connectivity index (χ1v) is 17.3. The lowest BCUT2D eigenvalue weighted by molar-refractivity contribution is -0.109. The van der Waals surface area contributed by atoms with Crippen LogP contribution in [-0.4, -0.2) is 59.3 Å². The van der Waals surface area contributed by atoms with Crippen LogP contribution < -0.4 is 0 Å². The van der Waals surface area contributed by atoms with E-state index in [0.29, 0.717) is 53.7 Å². The average molecular weight is 839 g/mol. The number of nitrogens with zero attached hydrogens (tertiary/aromatic N) is 4. The van der Waals surface area contributed by atoms with Crippen LogP contribution in [0.5, 0.6) is 0 Å². The predicted molar refractivity (Wildman–Crippen MR) is 206 cm³/mol. The number of carbonyl (C=O) groups is 5. The molecule has 0 amide bonds. The van der Waals surface area contributed by atoms with Crippen LogP contribution in [0.2, 0.25) is 20.1 Å². The van der Waals surface area contributed by atoms with Gasteiger partial charge in [-0.3, -0.25) is 4.79 Å². The van der Waals surface area contributed by atoms with Gasteiger partial charge in [0.1, 0.15) is 0 Å². The lowest BCUT2D eigenvalue weighted by atomic mass is 10.0. The van der Waals surface area contributed by atoms with Gasteiger partial charge in [-0.1, -0.05) is 94.9 Å². The van der Waals surface area contributed by atoms with Crippen molar-refractivity contribution < 1.29 is 38.9 Å². The molecule has 0 atom stereocenters. The van der Waals surface area contributed by atoms with Crippen molar-refractivity contribution in [3.05, 3.63) is 140 Å². The Kier molecular flexibility index (Phi) is 12.9. The zero-order valence-electron chi connectivity index (χ0n) is 27.8. The molecular formula is C38H21Cl5N4O8. The highest BCUT2D eigenvalue weighted by Gasteiger charge is 2.35. The minimum Gasteiger partial charge on any atom is -0.476 e. The number of ether oxygens (including phenoxy) is 1. The van der Waals surface area contributed by atoms with Crippen LogP contribution in [-0.2, 0) is 9.53 Å². The molecule has 2 aromatic heterocycles. The van der Waals surface area contributed by atoms with E-state index in [1.807, 2.05) is 0 Å². The fourth-order valence-electron chi connectivity index (χ4n) is 4.87. The van der Waals surface area contributed by atoms with Gasteiger partial charge in [-0.25, -0.2) is 39.1 Å². The number of halogens is 5. The maximum Gasteiger partial charge on any atom is 0.367 e. The van der Waals surface area contributed by atoms with Crippen LogP contribution in [0.25, 0.3) is 45.0 Å². The summed E-state index contributed by atoms with van der Waals surface area (Å²) in [5.74, 6) is -4.56. The second-order valence-electron chi connectivity index (χ2n) is 11.0. The van der Waals surface area contributed by atoms with E-state index in [1.54, 1.807) is 97.1 Å². The topological polar surface area (TPSA) is 187 Å². The maximum atomic E-state index is 11.8. The third kappa shape index (κ3) is 9.87. The molecule has 276 valence electrons. The zero-order chi connectivity index (χ0) is 40.0. The van der Waals surface area contributed by atoms with Crippen LogP contribution in [0.15, 0.2) is 97.1 Å². The van der Waals surface area contributed by atoms with Gasteiger partial charge in [0.05, 0.1) is 22.8 Å². The fraction of sp³-hybridized carbons (Fsp3) is 0.0263. The molecule has 2 N–H and O–H groups in total. The summed E-state index contributed by atoms with van der Waals surface area (Å²) in [6.07, 6.45) is 0. The molecule has 0 saturated heterocycles. The summed E-state index contributed by atoms with van der Waals surface area (Å²) >= 11 is 28.3. The number of hydrogen-bond acceptors (Lipinski definition) is 10. The molecule has 3 heterocycles. The highest BCUT2D eigenvalue weighted by atomic mass is 35.5. The van der Waals surface area contributed by atoms with Crippen LogP contribution in [0, 0.1) is 0 Å². The number of fused-ring (bicyclic) bond motifs is 1. The molecule has 12 nitrogen and oxygen atoms in total. The van der Waals surface area contributed by atoms with Crippen molar-refractivity contribution in [3.63, 3.8) is 0 Å². The molecule has 0 unspecified atom stereocenters. The molecular weight excluding hydrogens is 818 g/mol. The monoisotopic (exact) mass is 836 g/mol. The number of carboxylic acid groups (broad SMARTS) is 2. The van der Waals surface area contributed by atoms with Gasteiger partial charge >= 0.3 is 23.9 Å². The summed E-state index contributed by atoms with van der Waals surface area (Å²) in [6.45, 7) is 1.29. The fourth-order valence-corrected chi connectivity index (χ4v) is 5.37. The Morgan fingerprint density at radius 2 is 0.673 bits per heavy atom. The molecule has 0 radical (unpaired) electrons. The minimum atomic E-state index is -1.48. The molecule has 7 rings (SSSR count). The lowest BCUT2D eigenvalue weighted by Crippen LogP contribution is -2.15. The van der Waals surface area contributed by atoms with E-state index in [2.05, 4.69) is 36.3 Å². The van der Waals surface area contributed by atoms with Gasteiger partial charge in [0, 0.05) is 49.3 Å². The van der Waals surface area contributed by atoms with Crippen molar-refractivity contribution in [2.24, 2.45) is 0 Å². The van der Waals surface area contributed by atoms with Gasteiger partial charge in [0.25, 0.3) is 0 Å². The van der Waals surface area contributed by atoms with Crippen LogP contribution in [0.4, 0.5) is 0 Å². The predicted octanol–water partition coefficient (Wildman–Crippen LogP) is 9.71. The average Bonchev–Trinajstić information content (AvgIpc) is 3.43. The second-order valence-corrected chi connectivity index (χ2v) is 13.3. The first kappa shape index (κ1) is 40.4. The van der Waals surface area contributed by atoms with E-state index in [-0.39, 0.29) is 28.0 Å². The molecule has 0 saturated carbocycles. The van der Waals surface area contributed by atoms with E-state index in [1.165, 1.54) is 6.92 Å². The Hall–Kier alpha value is -5.76. The van der Waals surface area contributed by atoms with Crippen molar-refractivity contribution in [1.82, 2.24) is 19.9 Å². The Bertz CT molecular complexity index is 2290. The number of carbonyl (C=O) groups excluding carboxylic acids is 3. The van der Waals surface area contributed by atoms with Gasteiger partial charge in [0.2, 0.25) is 5.24 Å². The summed E-state index contributed by atoms with van der Waals surface area (Å²) in [5.41, 5.74) is 2.40. The molecule has 0 fully saturated rings. The second kappa shape index (κ2) is 17.6. The van der Waals surface area contributed by atoms with Crippen molar-refractivity contribution in [1.29, 1.82) is 0 Å². The minimum absolute atomic E-state index is 0.0901. The third-order valence-electron chi connectivity index (χ3n) is 7.24. The molecule has 0 spiro atoms. The summed E-state index contributed by atoms with van der Waals surface area (Å²) < 4.78 is 4.61. The maximum absolute atomic E-state index is 11.8. The summed E-state index contributed by atoms with van der Waals surface area (Å²) in [7, 11) is 0. The molecule has 0 bridgehead atoms. The Labute approximate surface area is 336 Å². The molecule has 17 heteroatoms. The van der Waals surface area contributed by atoms with Crippen molar-refractivity contribution >= 4 is 87.1 Å². The van der Waals surface area contributed by atoms with Gasteiger partial charge < -0.3 is 14.9 Å². The van der Waals surface area contributed by atoms with Crippen LogP contribution >= 0.6 is 58.0 Å². The molecule has 1 aliphatic heterocycles. The number of aromatic carboxylic acids is 2. The highest BCUT2D eigenvalue weighted by molar-refractivity contribution is 6.62. The smallest absolute Gasteiger partial charge is 0.367 e. The normalized spacial score (nSPS) is 11.3. The Morgan fingerprint density at radius 3 is 0.891 bits per heavy atom. The largest absolute Gasteiger partial charge is 0.476 e. The Morgan fingerprint density at radius 1 is 0.455 bits per heavy atom. The quantitative estimate of drug-likeness (QED) is 0.0920. The van der Waals surface area contributed by atoms with Crippen molar-refractivity contribution in [2.75, 3.05) is 0 Å². The van der Waals surface area contributed by atoms with Gasteiger partial charge in [-0.15, -0.1) is 0 Å². The van der Waals surface area contributed by atoms with E-state index >= 15 is 0 Å². The summed E-state index contributed by atoms with van der Waals surface area (Å²) in [5, 5.41) is 20.4. The SMILES string of the molecule is CC(=O)Cl.O=C(O)c1nc(-c2ccc(Cl)cc2)c(-c2ccc(Cl)cc2)nc1C(=O)O.O=C1OC(=O)c2nc(-c3ccc(Cl)cc3)c(-c3ccc(Cl)cc3)nc21. The number of benzene rings is 4. The first-order valence-electron chi connectivity index (χ1n) is 15.4.